The monoisotopic (exact) mass is 352 g/mol. The molecule has 0 aliphatic carbocycles. The number of nitrogens with zero attached hydrogens (tertiary/aromatic N) is 2. The molecule has 2 aliphatic heterocycles. The van der Waals surface area contributed by atoms with E-state index in [1.807, 2.05) is 18.7 Å². The first-order valence-electron chi connectivity index (χ1n) is 9.63. The zero-order chi connectivity index (χ0) is 18.6. The lowest BCUT2D eigenvalue weighted by Crippen LogP contribution is -2.50. The molecule has 138 valence electrons. The highest BCUT2D eigenvalue weighted by atomic mass is 16.5. The first kappa shape index (κ1) is 18.7. The van der Waals surface area contributed by atoms with Crippen LogP contribution in [0.3, 0.4) is 0 Å². The fourth-order valence-electron chi connectivity index (χ4n) is 4.16. The third kappa shape index (κ3) is 4.16. The Balaban J connectivity index is 1.64. The fourth-order valence-corrected chi connectivity index (χ4v) is 4.16. The molecule has 2 aliphatic rings. The number of hydrogen-bond acceptors (Lipinski definition) is 3. The summed E-state index contributed by atoms with van der Waals surface area (Å²) in [5.41, 5.74) is 1.53. The number of nitriles is 1. The van der Waals surface area contributed by atoms with Crippen LogP contribution in [0.2, 0.25) is 0 Å². The number of allylic oxidation sites excluding steroid dienone is 1. The highest BCUT2D eigenvalue weighted by Gasteiger charge is 2.41. The summed E-state index contributed by atoms with van der Waals surface area (Å²) in [6.07, 6.45) is 5.54. The molecule has 1 atom stereocenters. The van der Waals surface area contributed by atoms with Crippen LogP contribution in [0.1, 0.15) is 51.0 Å². The Labute approximate surface area is 156 Å². The second-order valence-corrected chi connectivity index (χ2v) is 7.86. The largest absolute Gasteiger partial charge is 0.375 e. The van der Waals surface area contributed by atoms with Crippen LogP contribution in [-0.2, 0) is 9.53 Å². The molecule has 0 bridgehead atoms. The molecule has 26 heavy (non-hydrogen) atoms. The lowest BCUT2D eigenvalue weighted by Gasteiger charge is -2.46. The van der Waals surface area contributed by atoms with E-state index in [4.69, 9.17) is 4.74 Å². The Kier molecular flexibility index (Phi) is 5.78. The number of carbonyl (C=O) groups excluding carboxylic acids is 1. The summed E-state index contributed by atoms with van der Waals surface area (Å²) in [6.45, 7) is 6.07. The van der Waals surface area contributed by atoms with Crippen LogP contribution in [0, 0.1) is 17.2 Å². The van der Waals surface area contributed by atoms with Crippen LogP contribution in [0.15, 0.2) is 42.0 Å². The van der Waals surface area contributed by atoms with Gasteiger partial charge >= 0.3 is 0 Å². The Morgan fingerprint density at radius 2 is 2.00 bits per heavy atom. The molecule has 4 nitrogen and oxygen atoms in total. The van der Waals surface area contributed by atoms with Crippen LogP contribution < -0.4 is 0 Å². The van der Waals surface area contributed by atoms with Crippen molar-refractivity contribution in [2.24, 2.45) is 5.92 Å². The lowest BCUT2D eigenvalue weighted by atomic mass is 9.77. The topological polar surface area (TPSA) is 53.3 Å². The molecule has 2 heterocycles. The highest BCUT2D eigenvalue weighted by Crippen LogP contribution is 2.41. The molecule has 3 rings (SSSR count). The van der Waals surface area contributed by atoms with Crippen molar-refractivity contribution < 1.29 is 9.53 Å². The molecule has 0 aromatic heterocycles. The van der Waals surface area contributed by atoms with Crippen molar-refractivity contribution in [1.82, 2.24) is 4.90 Å². The van der Waals surface area contributed by atoms with Gasteiger partial charge in [-0.1, -0.05) is 50.3 Å². The van der Waals surface area contributed by atoms with E-state index in [0.29, 0.717) is 19.0 Å². The van der Waals surface area contributed by atoms with E-state index < -0.39 is 0 Å². The molecule has 4 heteroatoms. The average molecular weight is 352 g/mol. The van der Waals surface area contributed by atoms with Gasteiger partial charge in [-0.2, -0.15) is 5.26 Å². The molecule has 2 fully saturated rings. The second kappa shape index (κ2) is 8.05. The van der Waals surface area contributed by atoms with Gasteiger partial charge in [0.15, 0.2) is 0 Å². The number of likely N-dealkylation sites (tertiary alicyclic amines) is 1. The van der Waals surface area contributed by atoms with E-state index in [2.05, 4.69) is 36.4 Å². The van der Waals surface area contributed by atoms with Gasteiger partial charge in [-0.05, 0) is 43.1 Å². The summed E-state index contributed by atoms with van der Waals surface area (Å²) in [6, 6.07) is 12.7. The van der Waals surface area contributed by atoms with Crippen LogP contribution in [-0.4, -0.2) is 36.1 Å². The maximum Gasteiger partial charge on any atom is 0.264 e. The van der Waals surface area contributed by atoms with E-state index >= 15 is 0 Å². The normalized spacial score (nSPS) is 23.1. The van der Waals surface area contributed by atoms with Crippen LogP contribution >= 0.6 is 0 Å². The smallest absolute Gasteiger partial charge is 0.264 e. The summed E-state index contributed by atoms with van der Waals surface area (Å²) in [5, 5.41) is 9.29. The zero-order valence-corrected chi connectivity index (χ0v) is 15.8. The highest BCUT2D eigenvalue weighted by molar-refractivity contribution is 5.97. The lowest BCUT2D eigenvalue weighted by molar-refractivity contribution is -0.140. The SMILES string of the molecule is CC(C)/C=C(\C#N)C(=O)N1CCC2(CC1)C[C@@H](c1ccccc1)CCO2. The number of benzene rings is 1. The number of ether oxygens (including phenoxy) is 1. The molecule has 1 aromatic carbocycles. The van der Waals surface area contributed by atoms with Gasteiger partial charge in [0.2, 0.25) is 0 Å². The van der Waals surface area contributed by atoms with Crippen LogP contribution in [0.25, 0.3) is 0 Å². The molecule has 1 amide bonds. The van der Waals surface area contributed by atoms with E-state index in [9.17, 15) is 10.1 Å². The number of hydrogen-bond donors (Lipinski definition) is 0. The van der Waals surface area contributed by atoms with Gasteiger partial charge in [0, 0.05) is 19.7 Å². The van der Waals surface area contributed by atoms with Gasteiger partial charge in [0.25, 0.3) is 5.91 Å². The molecular formula is C22H28N2O2. The van der Waals surface area contributed by atoms with Gasteiger partial charge in [-0.3, -0.25) is 4.79 Å². The van der Waals surface area contributed by atoms with E-state index in [0.717, 1.165) is 32.3 Å². The van der Waals surface area contributed by atoms with E-state index in [1.54, 1.807) is 6.08 Å². The van der Waals surface area contributed by atoms with Crippen molar-refractivity contribution >= 4 is 5.91 Å². The minimum Gasteiger partial charge on any atom is -0.375 e. The van der Waals surface area contributed by atoms with Crippen molar-refractivity contribution in [3.8, 4) is 6.07 Å². The molecular weight excluding hydrogens is 324 g/mol. The maximum absolute atomic E-state index is 12.6. The minimum absolute atomic E-state index is 0.121. The minimum atomic E-state index is -0.133. The Morgan fingerprint density at radius 3 is 2.62 bits per heavy atom. The second-order valence-electron chi connectivity index (χ2n) is 7.86. The predicted molar refractivity (Wildman–Crippen MR) is 101 cm³/mol. The number of piperidine rings is 1. The molecule has 0 saturated carbocycles. The average Bonchev–Trinajstić information content (AvgIpc) is 2.67. The first-order chi connectivity index (χ1) is 12.5. The predicted octanol–water partition coefficient (Wildman–Crippen LogP) is 4.05. The quantitative estimate of drug-likeness (QED) is 0.609. The van der Waals surface area contributed by atoms with E-state index in [-0.39, 0.29) is 23.0 Å². The Morgan fingerprint density at radius 1 is 1.31 bits per heavy atom. The summed E-state index contributed by atoms with van der Waals surface area (Å²) < 4.78 is 6.22. The van der Waals surface area contributed by atoms with Crippen LogP contribution in [0.4, 0.5) is 0 Å². The summed E-state index contributed by atoms with van der Waals surface area (Å²) in [5.74, 6) is 0.590. The van der Waals surface area contributed by atoms with Gasteiger partial charge in [-0.25, -0.2) is 0 Å². The van der Waals surface area contributed by atoms with Gasteiger partial charge in [-0.15, -0.1) is 0 Å². The van der Waals surface area contributed by atoms with Gasteiger partial charge in [0.1, 0.15) is 11.6 Å². The van der Waals surface area contributed by atoms with Crippen molar-refractivity contribution in [2.75, 3.05) is 19.7 Å². The molecule has 1 spiro atoms. The number of rotatable bonds is 3. The van der Waals surface area contributed by atoms with Gasteiger partial charge in [0.05, 0.1) is 5.60 Å². The third-order valence-corrected chi connectivity index (χ3v) is 5.58. The molecule has 0 radical (unpaired) electrons. The number of carbonyl (C=O) groups is 1. The van der Waals surface area contributed by atoms with Crippen molar-refractivity contribution in [2.45, 2.75) is 51.0 Å². The molecule has 0 unspecified atom stereocenters. The third-order valence-electron chi connectivity index (χ3n) is 5.58. The Bertz CT molecular complexity index is 695. The summed E-state index contributed by atoms with van der Waals surface area (Å²) in [7, 11) is 0. The fraction of sp³-hybridized carbons (Fsp3) is 0.545. The standard InChI is InChI=1S/C22H28N2O2/c1-17(2)14-20(16-23)21(25)24-11-9-22(10-12-24)15-19(8-13-26-22)18-6-4-3-5-7-18/h3-7,14,17,19H,8-13,15H2,1-2H3/b20-14+/t19-/m0/s1. The number of amides is 1. The zero-order valence-electron chi connectivity index (χ0n) is 15.8. The first-order valence-corrected chi connectivity index (χ1v) is 9.63. The summed E-state index contributed by atoms with van der Waals surface area (Å²) >= 11 is 0. The van der Waals surface area contributed by atoms with Gasteiger partial charge < -0.3 is 9.64 Å². The summed E-state index contributed by atoms with van der Waals surface area (Å²) in [4.78, 5) is 14.4. The maximum atomic E-state index is 12.6. The van der Waals surface area contributed by atoms with E-state index in [1.165, 1.54) is 5.56 Å². The van der Waals surface area contributed by atoms with Crippen molar-refractivity contribution in [3.05, 3.63) is 47.5 Å². The van der Waals surface area contributed by atoms with Crippen molar-refractivity contribution in [1.29, 1.82) is 5.26 Å². The van der Waals surface area contributed by atoms with Crippen LogP contribution in [0.5, 0.6) is 0 Å². The molecule has 1 aromatic rings. The van der Waals surface area contributed by atoms with Crippen molar-refractivity contribution in [3.63, 3.8) is 0 Å². The Hall–Kier alpha value is -2.12. The molecule has 2 saturated heterocycles. The molecule has 0 N–H and O–H groups in total.